The Hall–Kier alpha value is -3.19. The quantitative estimate of drug-likeness (QED) is 0.440. The van der Waals surface area contributed by atoms with Crippen LogP contribution >= 0.6 is 23.7 Å². The molecular weight excluding hydrogens is 456 g/mol. The zero-order valence-electron chi connectivity index (χ0n) is 16.8. The third-order valence-corrected chi connectivity index (χ3v) is 6.21. The number of halogens is 3. The van der Waals surface area contributed by atoms with Crippen LogP contribution in [0.15, 0.2) is 60.5 Å². The summed E-state index contributed by atoms with van der Waals surface area (Å²) in [6.07, 6.45) is 2.71. The minimum Gasteiger partial charge on any atom is -0.382 e. The van der Waals surface area contributed by atoms with Gasteiger partial charge >= 0.3 is 0 Å². The molecule has 0 unspecified atom stereocenters. The zero-order valence-corrected chi connectivity index (χ0v) is 18.4. The molecule has 10 heteroatoms. The van der Waals surface area contributed by atoms with Crippen LogP contribution in [-0.2, 0) is 12.1 Å². The number of hydrogen-bond donors (Lipinski definition) is 1. The summed E-state index contributed by atoms with van der Waals surface area (Å²) in [4.78, 5) is 8.49. The molecule has 0 saturated carbocycles. The van der Waals surface area contributed by atoms with Crippen molar-refractivity contribution >= 4 is 23.7 Å². The maximum atomic E-state index is 14.7. The molecule has 2 aromatic carbocycles. The fraction of sp³-hybridized carbons (Fsp3) is 0.182. The molecule has 0 saturated heterocycles. The van der Waals surface area contributed by atoms with Gasteiger partial charge in [0.05, 0.1) is 28.9 Å². The maximum Gasteiger partial charge on any atom is 0.137 e. The van der Waals surface area contributed by atoms with Crippen LogP contribution in [0, 0.1) is 23.0 Å². The number of rotatable bonds is 6. The van der Waals surface area contributed by atoms with Crippen LogP contribution in [0.5, 0.6) is 0 Å². The first-order valence-electron chi connectivity index (χ1n) is 9.37. The Labute approximate surface area is 193 Å². The van der Waals surface area contributed by atoms with E-state index in [0.717, 1.165) is 23.8 Å². The molecule has 6 nitrogen and oxygen atoms in total. The fourth-order valence-corrected chi connectivity index (χ4v) is 4.36. The predicted octanol–water partition coefficient (Wildman–Crippen LogP) is 4.66. The SMILES string of the molecule is C[C@H](c1nc(-c2ccc(C#N)cc2)cs1)[C@](O)(Cn1cncn1)c1cc(F)ccc1F.Cl. The number of nitrogens with zero attached hydrogens (tertiary/aromatic N) is 5. The van der Waals surface area contributed by atoms with Gasteiger partial charge in [-0.05, 0) is 30.3 Å². The van der Waals surface area contributed by atoms with Gasteiger partial charge in [-0.15, -0.1) is 23.7 Å². The summed E-state index contributed by atoms with van der Waals surface area (Å²) in [5, 5.41) is 27.0. The van der Waals surface area contributed by atoms with Crippen LogP contribution < -0.4 is 0 Å². The molecule has 0 bridgehead atoms. The van der Waals surface area contributed by atoms with Crippen LogP contribution in [0.1, 0.15) is 29.0 Å². The highest BCUT2D eigenvalue weighted by molar-refractivity contribution is 7.10. The highest BCUT2D eigenvalue weighted by atomic mass is 35.5. The first-order chi connectivity index (χ1) is 14.9. The minimum absolute atomic E-state index is 0. The van der Waals surface area contributed by atoms with Gasteiger partial charge in [-0.1, -0.05) is 19.1 Å². The van der Waals surface area contributed by atoms with Gasteiger partial charge in [0.1, 0.15) is 29.9 Å². The molecule has 4 rings (SSSR count). The van der Waals surface area contributed by atoms with E-state index in [4.69, 9.17) is 5.26 Å². The Morgan fingerprint density at radius 1 is 1.22 bits per heavy atom. The summed E-state index contributed by atoms with van der Waals surface area (Å²) in [7, 11) is 0. The van der Waals surface area contributed by atoms with Gasteiger partial charge < -0.3 is 5.11 Å². The molecule has 0 aliphatic heterocycles. The number of hydrogen-bond acceptors (Lipinski definition) is 6. The highest BCUT2D eigenvalue weighted by Gasteiger charge is 2.41. The lowest BCUT2D eigenvalue weighted by atomic mass is 9.82. The molecule has 2 aromatic heterocycles. The van der Waals surface area contributed by atoms with E-state index in [-0.39, 0.29) is 24.5 Å². The third-order valence-electron chi connectivity index (χ3n) is 5.18. The minimum atomic E-state index is -1.83. The van der Waals surface area contributed by atoms with Crippen molar-refractivity contribution in [1.82, 2.24) is 19.7 Å². The molecule has 32 heavy (non-hydrogen) atoms. The van der Waals surface area contributed by atoms with Gasteiger partial charge in [0, 0.05) is 22.4 Å². The van der Waals surface area contributed by atoms with Gasteiger partial charge in [-0.25, -0.2) is 23.4 Å². The molecule has 1 N–H and O–H groups in total. The Morgan fingerprint density at radius 2 is 1.97 bits per heavy atom. The lowest BCUT2D eigenvalue weighted by Gasteiger charge is -2.33. The second kappa shape index (κ2) is 9.53. The van der Waals surface area contributed by atoms with Crippen molar-refractivity contribution < 1.29 is 13.9 Å². The van der Waals surface area contributed by atoms with Crippen LogP contribution in [0.25, 0.3) is 11.3 Å². The molecule has 0 aliphatic rings. The van der Waals surface area contributed by atoms with Gasteiger partial charge in [-0.2, -0.15) is 10.4 Å². The average Bonchev–Trinajstić information content (AvgIpc) is 3.47. The molecular formula is C22H18ClF2N5OS. The van der Waals surface area contributed by atoms with E-state index < -0.39 is 23.2 Å². The fourth-order valence-electron chi connectivity index (χ4n) is 3.38. The van der Waals surface area contributed by atoms with E-state index in [2.05, 4.69) is 21.1 Å². The van der Waals surface area contributed by atoms with Crippen LogP contribution in [0.4, 0.5) is 8.78 Å². The van der Waals surface area contributed by atoms with E-state index in [9.17, 15) is 13.9 Å². The predicted molar refractivity (Wildman–Crippen MR) is 118 cm³/mol. The van der Waals surface area contributed by atoms with E-state index in [1.54, 1.807) is 31.2 Å². The van der Waals surface area contributed by atoms with Crippen molar-refractivity contribution in [3.63, 3.8) is 0 Å². The molecule has 2 atom stereocenters. The standard InChI is InChI=1S/C22H17F2N5OS.ClH/c1-14(21-28-20(10-31-21)16-4-2-15(9-25)3-5-16)22(30,11-29-13-26-12-27-29)18-8-17(23)6-7-19(18)24;/h2-8,10,12-14,30H,11H2,1H3;1H/t14-,22-;/m1./s1. The smallest absolute Gasteiger partial charge is 0.137 e. The van der Waals surface area contributed by atoms with Crippen molar-refractivity contribution in [3.8, 4) is 17.3 Å². The molecule has 0 spiro atoms. The van der Waals surface area contributed by atoms with Crippen molar-refractivity contribution in [2.45, 2.75) is 25.0 Å². The molecule has 0 amide bonds. The summed E-state index contributed by atoms with van der Waals surface area (Å²) in [5.41, 5.74) is 0.00578. The second-order valence-corrected chi connectivity index (χ2v) is 8.01. The first kappa shape index (κ1) is 23.5. The number of benzene rings is 2. The van der Waals surface area contributed by atoms with E-state index in [1.165, 1.54) is 28.7 Å². The molecule has 0 radical (unpaired) electrons. The number of nitriles is 1. The average molecular weight is 474 g/mol. The summed E-state index contributed by atoms with van der Waals surface area (Å²) in [6.45, 7) is 1.57. The Kier molecular flexibility index (Phi) is 6.99. The first-order valence-corrected chi connectivity index (χ1v) is 10.2. The second-order valence-electron chi connectivity index (χ2n) is 7.12. The Balaban J connectivity index is 0.00000289. The topological polar surface area (TPSA) is 87.6 Å². The molecule has 0 fully saturated rings. The summed E-state index contributed by atoms with van der Waals surface area (Å²) in [5.74, 6) is -2.07. The van der Waals surface area contributed by atoms with Crippen LogP contribution in [0.3, 0.4) is 0 Å². The maximum absolute atomic E-state index is 14.7. The normalized spacial score (nSPS) is 13.6. The number of aromatic nitrogens is 4. The van der Waals surface area contributed by atoms with Crippen LogP contribution in [-0.4, -0.2) is 24.9 Å². The summed E-state index contributed by atoms with van der Waals surface area (Å²) in [6, 6.07) is 12.0. The molecule has 164 valence electrons. The third kappa shape index (κ3) is 4.53. The summed E-state index contributed by atoms with van der Waals surface area (Å²) >= 11 is 1.31. The molecule has 4 aromatic rings. The van der Waals surface area contributed by atoms with Crippen LogP contribution in [0.2, 0.25) is 0 Å². The van der Waals surface area contributed by atoms with Gasteiger partial charge in [0.2, 0.25) is 0 Å². The monoisotopic (exact) mass is 473 g/mol. The molecule has 2 heterocycles. The van der Waals surface area contributed by atoms with Crippen molar-refractivity contribution in [2.75, 3.05) is 0 Å². The highest BCUT2D eigenvalue weighted by Crippen LogP contribution is 2.41. The summed E-state index contributed by atoms with van der Waals surface area (Å²) < 4.78 is 30.0. The van der Waals surface area contributed by atoms with Gasteiger partial charge in [0.25, 0.3) is 0 Å². The zero-order chi connectivity index (χ0) is 22.0. The number of thiazole rings is 1. The van der Waals surface area contributed by atoms with Gasteiger partial charge in [-0.3, -0.25) is 0 Å². The van der Waals surface area contributed by atoms with E-state index >= 15 is 0 Å². The largest absolute Gasteiger partial charge is 0.382 e. The lowest BCUT2D eigenvalue weighted by Crippen LogP contribution is -2.38. The van der Waals surface area contributed by atoms with Gasteiger partial charge in [0.15, 0.2) is 0 Å². The molecule has 0 aliphatic carbocycles. The van der Waals surface area contributed by atoms with E-state index in [1.807, 2.05) is 5.38 Å². The van der Waals surface area contributed by atoms with Crippen molar-refractivity contribution in [2.24, 2.45) is 0 Å². The van der Waals surface area contributed by atoms with Crippen molar-refractivity contribution in [3.05, 3.63) is 88.3 Å². The lowest BCUT2D eigenvalue weighted by molar-refractivity contribution is -0.0114. The Bertz CT molecular complexity index is 1240. The van der Waals surface area contributed by atoms with Crippen molar-refractivity contribution in [1.29, 1.82) is 5.26 Å². The van der Waals surface area contributed by atoms with E-state index in [0.29, 0.717) is 16.3 Å². The number of aliphatic hydroxyl groups is 1. The Morgan fingerprint density at radius 3 is 2.62 bits per heavy atom.